The summed E-state index contributed by atoms with van der Waals surface area (Å²) in [5.41, 5.74) is 2.43. The summed E-state index contributed by atoms with van der Waals surface area (Å²) in [6, 6.07) is 13.9. The Balaban J connectivity index is 1.48. The van der Waals surface area contributed by atoms with Gasteiger partial charge in [0.25, 0.3) is 11.8 Å². The molecule has 8 heteroatoms. The van der Waals surface area contributed by atoms with E-state index in [0.717, 1.165) is 12.8 Å². The van der Waals surface area contributed by atoms with Crippen LogP contribution in [-0.2, 0) is 9.53 Å². The molecule has 0 atom stereocenters. The van der Waals surface area contributed by atoms with Crippen molar-refractivity contribution in [3.05, 3.63) is 59.7 Å². The molecule has 3 amide bonds. The van der Waals surface area contributed by atoms with Crippen LogP contribution in [0.5, 0.6) is 0 Å². The van der Waals surface area contributed by atoms with Gasteiger partial charge in [-0.25, -0.2) is 0 Å². The van der Waals surface area contributed by atoms with E-state index >= 15 is 0 Å². The second-order valence-electron chi connectivity index (χ2n) is 7.57. The van der Waals surface area contributed by atoms with Crippen LogP contribution in [0.3, 0.4) is 0 Å². The molecule has 0 aliphatic carbocycles. The molecule has 170 valence electrons. The minimum atomic E-state index is -0.227. The van der Waals surface area contributed by atoms with Crippen molar-refractivity contribution in [2.24, 2.45) is 0 Å². The van der Waals surface area contributed by atoms with Crippen LogP contribution in [-0.4, -0.2) is 62.0 Å². The topological polar surface area (TPSA) is 99.8 Å². The van der Waals surface area contributed by atoms with Gasteiger partial charge in [-0.1, -0.05) is 19.4 Å². The summed E-state index contributed by atoms with van der Waals surface area (Å²) in [6.07, 6.45) is 1.96. The number of nitrogens with zero attached hydrogens (tertiary/aromatic N) is 1. The highest BCUT2D eigenvalue weighted by Crippen LogP contribution is 2.14. The smallest absolute Gasteiger partial charge is 0.254 e. The van der Waals surface area contributed by atoms with Gasteiger partial charge in [-0.05, 0) is 48.9 Å². The summed E-state index contributed by atoms with van der Waals surface area (Å²) < 4.78 is 5.29. The quantitative estimate of drug-likeness (QED) is 0.523. The Morgan fingerprint density at radius 3 is 2.44 bits per heavy atom. The lowest BCUT2D eigenvalue weighted by atomic mass is 10.1. The van der Waals surface area contributed by atoms with Crippen LogP contribution in [0, 0.1) is 0 Å². The number of benzene rings is 2. The van der Waals surface area contributed by atoms with Gasteiger partial charge in [0.15, 0.2) is 0 Å². The third-order valence-corrected chi connectivity index (χ3v) is 5.11. The predicted octanol–water partition coefficient (Wildman–Crippen LogP) is 2.74. The average molecular weight is 439 g/mol. The SMILES string of the molecule is CCCCNC(=O)c1ccc(NC(=O)CNc2cccc(C(=O)N3CCOCC3)c2)cc1. The fourth-order valence-corrected chi connectivity index (χ4v) is 3.28. The third kappa shape index (κ3) is 6.81. The second kappa shape index (κ2) is 11.9. The fourth-order valence-electron chi connectivity index (χ4n) is 3.28. The Kier molecular flexibility index (Phi) is 8.62. The molecule has 8 nitrogen and oxygen atoms in total. The van der Waals surface area contributed by atoms with E-state index in [4.69, 9.17) is 4.74 Å². The second-order valence-corrected chi connectivity index (χ2v) is 7.57. The first-order valence-corrected chi connectivity index (χ1v) is 11.0. The van der Waals surface area contributed by atoms with Crippen LogP contribution in [0.4, 0.5) is 11.4 Å². The van der Waals surface area contributed by atoms with Crippen molar-refractivity contribution in [1.29, 1.82) is 0 Å². The van der Waals surface area contributed by atoms with E-state index in [1.165, 1.54) is 0 Å². The lowest BCUT2D eigenvalue weighted by Crippen LogP contribution is -2.40. The number of carbonyl (C=O) groups excluding carboxylic acids is 3. The van der Waals surface area contributed by atoms with Gasteiger partial charge in [0.05, 0.1) is 19.8 Å². The number of rotatable bonds is 9. The minimum Gasteiger partial charge on any atom is -0.378 e. The van der Waals surface area contributed by atoms with Crippen molar-refractivity contribution in [1.82, 2.24) is 10.2 Å². The van der Waals surface area contributed by atoms with Crippen molar-refractivity contribution >= 4 is 29.1 Å². The molecule has 3 rings (SSSR count). The van der Waals surface area contributed by atoms with Gasteiger partial charge in [-0.2, -0.15) is 0 Å². The van der Waals surface area contributed by atoms with Gasteiger partial charge in [-0.15, -0.1) is 0 Å². The maximum atomic E-state index is 12.6. The summed E-state index contributed by atoms with van der Waals surface area (Å²) in [5.74, 6) is -0.389. The molecule has 0 spiro atoms. The standard InChI is InChI=1S/C24H30N4O4/c1-2-3-11-25-23(30)18-7-9-20(10-8-18)27-22(29)17-26-21-6-4-5-19(16-21)24(31)28-12-14-32-15-13-28/h4-10,16,26H,2-3,11-15,17H2,1H3,(H,25,30)(H,27,29). The van der Waals surface area contributed by atoms with Crippen LogP contribution >= 0.6 is 0 Å². The summed E-state index contributed by atoms with van der Waals surface area (Å²) in [4.78, 5) is 38.7. The summed E-state index contributed by atoms with van der Waals surface area (Å²) >= 11 is 0. The number of amides is 3. The lowest BCUT2D eigenvalue weighted by Gasteiger charge is -2.27. The average Bonchev–Trinajstić information content (AvgIpc) is 2.83. The van der Waals surface area contributed by atoms with Crippen molar-refractivity contribution < 1.29 is 19.1 Å². The zero-order valence-electron chi connectivity index (χ0n) is 18.4. The van der Waals surface area contributed by atoms with Gasteiger partial charge < -0.3 is 25.6 Å². The number of morpholine rings is 1. The van der Waals surface area contributed by atoms with Crippen LogP contribution in [0.2, 0.25) is 0 Å². The Labute approximate surface area is 188 Å². The van der Waals surface area contributed by atoms with Gasteiger partial charge in [0.1, 0.15) is 0 Å². The van der Waals surface area contributed by atoms with Crippen molar-refractivity contribution in [2.45, 2.75) is 19.8 Å². The molecule has 2 aromatic carbocycles. The van der Waals surface area contributed by atoms with Gasteiger partial charge in [0.2, 0.25) is 5.91 Å². The molecule has 2 aromatic rings. The van der Waals surface area contributed by atoms with Crippen LogP contribution in [0.25, 0.3) is 0 Å². The Morgan fingerprint density at radius 1 is 0.969 bits per heavy atom. The van der Waals surface area contributed by atoms with Crippen molar-refractivity contribution in [2.75, 3.05) is 50.0 Å². The Hall–Kier alpha value is -3.39. The molecule has 3 N–H and O–H groups in total. The van der Waals surface area contributed by atoms with E-state index in [9.17, 15) is 14.4 Å². The molecule has 1 saturated heterocycles. The number of carbonyl (C=O) groups is 3. The highest BCUT2D eigenvalue weighted by atomic mass is 16.5. The van der Waals surface area contributed by atoms with E-state index in [0.29, 0.717) is 55.3 Å². The predicted molar refractivity (Wildman–Crippen MR) is 124 cm³/mol. The fraction of sp³-hybridized carbons (Fsp3) is 0.375. The third-order valence-electron chi connectivity index (χ3n) is 5.11. The Bertz CT molecular complexity index is 924. The van der Waals surface area contributed by atoms with E-state index in [1.807, 2.05) is 6.07 Å². The van der Waals surface area contributed by atoms with E-state index < -0.39 is 0 Å². The van der Waals surface area contributed by atoms with Gasteiger partial charge in [0, 0.05) is 42.1 Å². The molecular weight excluding hydrogens is 408 g/mol. The molecular formula is C24H30N4O4. The molecule has 0 unspecified atom stereocenters. The first-order chi connectivity index (χ1) is 15.6. The largest absolute Gasteiger partial charge is 0.378 e. The monoisotopic (exact) mass is 438 g/mol. The molecule has 0 radical (unpaired) electrons. The maximum Gasteiger partial charge on any atom is 0.254 e. The van der Waals surface area contributed by atoms with Crippen LogP contribution in [0.1, 0.15) is 40.5 Å². The molecule has 1 fully saturated rings. The molecule has 1 heterocycles. The molecule has 1 aliphatic rings. The normalized spacial score (nSPS) is 13.3. The molecule has 0 aromatic heterocycles. The van der Waals surface area contributed by atoms with Crippen molar-refractivity contribution in [3.63, 3.8) is 0 Å². The first-order valence-electron chi connectivity index (χ1n) is 11.0. The highest BCUT2D eigenvalue weighted by Gasteiger charge is 2.18. The Morgan fingerprint density at radius 2 is 1.72 bits per heavy atom. The lowest BCUT2D eigenvalue weighted by molar-refractivity contribution is -0.114. The molecule has 1 aliphatic heterocycles. The number of hydrogen-bond donors (Lipinski definition) is 3. The maximum absolute atomic E-state index is 12.6. The summed E-state index contributed by atoms with van der Waals surface area (Å²) in [6.45, 7) is 5.03. The zero-order chi connectivity index (χ0) is 22.8. The van der Waals surface area contributed by atoms with Gasteiger partial charge in [-0.3, -0.25) is 14.4 Å². The summed E-state index contributed by atoms with van der Waals surface area (Å²) in [7, 11) is 0. The molecule has 32 heavy (non-hydrogen) atoms. The first kappa shape index (κ1) is 23.3. The van der Waals surface area contributed by atoms with E-state index in [1.54, 1.807) is 47.4 Å². The zero-order valence-corrected chi connectivity index (χ0v) is 18.4. The van der Waals surface area contributed by atoms with Gasteiger partial charge >= 0.3 is 0 Å². The number of ether oxygens (including phenoxy) is 1. The highest BCUT2D eigenvalue weighted by molar-refractivity contribution is 5.97. The molecule has 0 bridgehead atoms. The van der Waals surface area contributed by atoms with Crippen LogP contribution < -0.4 is 16.0 Å². The minimum absolute atomic E-state index is 0.0415. The molecule has 0 saturated carbocycles. The summed E-state index contributed by atoms with van der Waals surface area (Å²) in [5, 5.41) is 8.71. The number of unbranched alkanes of at least 4 members (excludes halogenated alkanes) is 1. The van der Waals surface area contributed by atoms with E-state index in [2.05, 4.69) is 22.9 Å². The number of nitrogens with one attached hydrogen (secondary N) is 3. The van der Waals surface area contributed by atoms with E-state index in [-0.39, 0.29) is 24.3 Å². The number of anilines is 2. The number of hydrogen-bond acceptors (Lipinski definition) is 5. The van der Waals surface area contributed by atoms with Crippen LogP contribution in [0.15, 0.2) is 48.5 Å². The van der Waals surface area contributed by atoms with Crippen molar-refractivity contribution in [3.8, 4) is 0 Å².